The van der Waals surface area contributed by atoms with Gasteiger partial charge in [0.05, 0.1) is 5.56 Å². The lowest BCUT2D eigenvalue weighted by Gasteiger charge is -1.94. The van der Waals surface area contributed by atoms with Gasteiger partial charge in [-0.1, -0.05) is 11.8 Å². The second-order valence-electron chi connectivity index (χ2n) is 3.64. The van der Waals surface area contributed by atoms with E-state index in [1.807, 2.05) is 0 Å². The van der Waals surface area contributed by atoms with E-state index in [0.717, 1.165) is 0 Å². The van der Waals surface area contributed by atoms with E-state index in [1.54, 1.807) is 18.2 Å². The molecule has 5 heteroatoms. The van der Waals surface area contributed by atoms with Crippen LogP contribution in [0.2, 0.25) is 0 Å². The van der Waals surface area contributed by atoms with Crippen molar-refractivity contribution in [2.75, 3.05) is 0 Å². The van der Waals surface area contributed by atoms with Crippen molar-refractivity contribution in [3.63, 3.8) is 0 Å². The highest BCUT2D eigenvalue weighted by atomic mass is 16.4. The first kappa shape index (κ1) is 11.7. The van der Waals surface area contributed by atoms with Crippen LogP contribution in [-0.4, -0.2) is 27.1 Å². The fraction of sp³-hybridized carbons (Fsp3) is 0.0769. The van der Waals surface area contributed by atoms with Gasteiger partial charge in [0.15, 0.2) is 0 Å². The molecule has 0 aliphatic heterocycles. The Kier molecular flexibility index (Phi) is 3.02. The zero-order valence-corrected chi connectivity index (χ0v) is 9.23. The summed E-state index contributed by atoms with van der Waals surface area (Å²) in [5.41, 5.74) is 1.47. The quantitative estimate of drug-likeness (QED) is 0.700. The van der Waals surface area contributed by atoms with Crippen LogP contribution in [0.15, 0.2) is 24.4 Å². The monoisotopic (exact) mass is 243 g/mol. The number of carboxylic acid groups (broad SMARTS) is 2. The Hall–Kier alpha value is -2.74. The average molecular weight is 243 g/mol. The summed E-state index contributed by atoms with van der Waals surface area (Å²) < 4.78 is 0. The molecule has 0 unspecified atom stereocenters. The molecule has 5 nitrogen and oxygen atoms in total. The molecule has 3 N–H and O–H groups in total. The van der Waals surface area contributed by atoms with Crippen molar-refractivity contribution in [1.82, 2.24) is 4.98 Å². The Labute approximate surface area is 102 Å². The molecular formula is C13H9NO4. The van der Waals surface area contributed by atoms with Crippen LogP contribution >= 0.6 is 0 Å². The number of fused-ring (bicyclic) bond motifs is 1. The van der Waals surface area contributed by atoms with Gasteiger partial charge in [-0.2, -0.15) is 0 Å². The molecule has 18 heavy (non-hydrogen) atoms. The standard InChI is InChI=1S/C13H9NO4/c15-12(16)3-1-2-8-4-5-11-9(6-8)10(7-14-11)13(17)18/h4-7,14H,3H2,(H,15,16)(H,17,18). The number of rotatable bonds is 2. The molecule has 1 aromatic carbocycles. The van der Waals surface area contributed by atoms with Crippen molar-refractivity contribution in [3.05, 3.63) is 35.5 Å². The minimum Gasteiger partial charge on any atom is -0.481 e. The number of aromatic nitrogens is 1. The van der Waals surface area contributed by atoms with Crippen molar-refractivity contribution in [1.29, 1.82) is 0 Å². The molecule has 90 valence electrons. The van der Waals surface area contributed by atoms with Crippen molar-refractivity contribution in [2.24, 2.45) is 0 Å². The van der Waals surface area contributed by atoms with E-state index >= 15 is 0 Å². The van der Waals surface area contributed by atoms with Gasteiger partial charge in [0.2, 0.25) is 0 Å². The van der Waals surface area contributed by atoms with Crippen LogP contribution in [0.1, 0.15) is 22.3 Å². The van der Waals surface area contributed by atoms with E-state index in [-0.39, 0.29) is 12.0 Å². The molecule has 1 aromatic heterocycles. The van der Waals surface area contributed by atoms with E-state index in [4.69, 9.17) is 10.2 Å². The van der Waals surface area contributed by atoms with Crippen LogP contribution in [0.3, 0.4) is 0 Å². The molecule has 0 bridgehead atoms. The van der Waals surface area contributed by atoms with E-state index in [9.17, 15) is 9.59 Å². The highest BCUT2D eigenvalue weighted by molar-refractivity contribution is 6.03. The third-order valence-electron chi connectivity index (χ3n) is 2.38. The SMILES string of the molecule is O=C(O)CC#Cc1ccc2[nH]cc(C(=O)O)c2c1. The maximum atomic E-state index is 11.0. The molecule has 0 spiro atoms. The first-order valence-corrected chi connectivity index (χ1v) is 5.13. The van der Waals surface area contributed by atoms with Crippen molar-refractivity contribution < 1.29 is 19.8 Å². The van der Waals surface area contributed by atoms with Gasteiger partial charge in [0.25, 0.3) is 0 Å². The van der Waals surface area contributed by atoms with Crippen LogP contribution in [0.25, 0.3) is 10.9 Å². The Morgan fingerprint density at radius 1 is 1.28 bits per heavy atom. The molecule has 2 rings (SSSR count). The van der Waals surface area contributed by atoms with E-state index in [2.05, 4.69) is 16.8 Å². The number of aromatic amines is 1. The van der Waals surface area contributed by atoms with Gasteiger partial charge in [-0.3, -0.25) is 4.79 Å². The largest absolute Gasteiger partial charge is 0.481 e. The number of H-pyrrole nitrogens is 1. The first-order valence-electron chi connectivity index (χ1n) is 5.13. The molecule has 1 heterocycles. The predicted molar refractivity (Wildman–Crippen MR) is 64.4 cm³/mol. The summed E-state index contributed by atoms with van der Waals surface area (Å²) in [4.78, 5) is 24.1. The zero-order valence-electron chi connectivity index (χ0n) is 9.23. The summed E-state index contributed by atoms with van der Waals surface area (Å²) >= 11 is 0. The summed E-state index contributed by atoms with van der Waals surface area (Å²) in [6.07, 6.45) is 1.18. The second-order valence-corrected chi connectivity index (χ2v) is 3.64. The summed E-state index contributed by atoms with van der Waals surface area (Å²) in [6, 6.07) is 5.05. The predicted octanol–water partition coefficient (Wildman–Crippen LogP) is 1.69. The number of benzene rings is 1. The third-order valence-corrected chi connectivity index (χ3v) is 2.38. The number of hydrogen-bond donors (Lipinski definition) is 3. The van der Waals surface area contributed by atoms with E-state index in [0.29, 0.717) is 16.5 Å². The molecule has 0 amide bonds. The Morgan fingerprint density at radius 3 is 2.72 bits per heavy atom. The van der Waals surface area contributed by atoms with Crippen LogP contribution in [-0.2, 0) is 4.79 Å². The van der Waals surface area contributed by atoms with Gasteiger partial charge in [-0.05, 0) is 18.2 Å². The first-order chi connectivity index (χ1) is 8.58. The van der Waals surface area contributed by atoms with E-state index < -0.39 is 11.9 Å². The lowest BCUT2D eigenvalue weighted by Crippen LogP contribution is -1.93. The van der Waals surface area contributed by atoms with Crippen LogP contribution in [0, 0.1) is 11.8 Å². The molecule has 0 saturated carbocycles. The van der Waals surface area contributed by atoms with Crippen LogP contribution in [0.4, 0.5) is 0 Å². The Bertz CT molecular complexity index is 688. The van der Waals surface area contributed by atoms with Gasteiger partial charge in [-0.15, -0.1) is 0 Å². The van der Waals surface area contributed by atoms with Crippen LogP contribution in [0.5, 0.6) is 0 Å². The van der Waals surface area contributed by atoms with E-state index in [1.165, 1.54) is 6.20 Å². The van der Waals surface area contributed by atoms with Gasteiger partial charge in [-0.25, -0.2) is 4.79 Å². The fourth-order valence-corrected chi connectivity index (χ4v) is 1.60. The molecule has 0 fully saturated rings. The Balaban J connectivity index is 2.41. The molecule has 0 atom stereocenters. The van der Waals surface area contributed by atoms with Gasteiger partial charge >= 0.3 is 11.9 Å². The lowest BCUT2D eigenvalue weighted by atomic mass is 10.1. The lowest BCUT2D eigenvalue weighted by molar-refractivity contribution is -0.135. The fourth-order valence-electron chi connectivity index (χ4n) is 1.60. The maximum absolute atomic E-state index is 11.0. The summed E-state index contributed by atoms with van der Waals surface area (Å²) in [7, 11) is 0. The van der Waals surface area contributed by atoms with Gasteiger partial charge in [0.1, 0.15) is 6.42 Å². The minimum atomic E-state index is -1.02. The number of carboxylic acids is 2. The van der Waals surface area contributed by atoms with Crippen molar-refractivity contribution >= 4 is 22.8 Å². The number of aromatic carboxylic acids is 1. The molecule has 0 aliphatic rings. The topological polar surface area (TPSA) is 90.4 Å². The highest BCUT2D eigenvalue weighted by Gasteiger charge is 2.10. The zero-order chi connectivity index (χ0) is 13.1. The average Bonchev–Trinajstić information content (AvgIpc) is 2.71. The molecule has 0 aliphatic carbocycles. The Morgan fingerprint density at radius 2 is 2.06 bits per heavy atom. The highest BCUT2D eigenvalue weighted by Crippen LogP contribution is 2.19. The summed E-state index contributed by atoms with van der Waals surface area (Å²) in [5.74, 6) is 3.18. The number of aliphatic carboxylic acids is 1. The number of carbonyl (C=O) groups is 2. The van der Waals surface area contributed by atoms with Gasteiger partial charge in [0, 0.05) is 22.7 Å². The van der Waals surface area contributed by atoms with Crippen molar-refractivity contribution in [3.8, 4) is 11.8 Å². The molecule has 0 radical (unpaired) electrons. The summed E-state index contributed by atoms with van der Waals surface area (Å²) in [6.45, 7) is 0. The van der Waals surface area contributed by atoms with Crippen LogP contribution < -0.4 is 0 Å². The van der Waals surface area contributed by atoms with Crippen molar-refractivity contribution in [2.45, 2.75) is 6.42 Å². The number of hydrogen-bond acceptors (Lipinski definition) is 2. The summed E-state index contributed by atoms with van der Waals surface area (Å²) in [5, 5.41) is 18.0. The minimum absolute atomic E-state index is 0.173. The number of nitrogens with one attached hydrogen (secondary N) is 1. The normalized spacial score (nSPS) is 9.78. The maximum Gasteiger partial charge on any atom is 0.337 e. The van der Waals surface area contributed by atoms with Gasteiger partial charge < -0.3 is 15.2 Å². The molecule has 0 saturated heterocycles. The third kappa shape index (κ3) is 2.33. The smallest absolute Gasteiger partial charge is 0.337 e. The second kappa shape index (κ2) is 4.63. The molecule has 2 aromatic rings. The molecular weight excluding hydrogens is 234 g/mol.